The summed E-state index contributed by atoms with van der Waals surface area (Å²) in [6.07, 6.45) is 0. The Kier molecular flexibility index (Phi) is 4.63. The highest BCUT2D eigenvalue weighted by molar-refractivity contribution is 5.81. The van der Waals surface area contributed by atoms with Gasteiger partial charge in [0.2, 0.25) is 0 Å². The van der Waals surface area contributed by atoms with Gasteiger partial charge in [-0.25, -0.2) is 4.98 Å². The van der Waals surface area contributed by atoms with E-state index in [9.17, 15) is 0 Å². The molecule has 2 aromatic heterocycles. The van der Waals surface area contributed by atoms with Crippen molar-refractivity contribution in [2.45, 2.75) is 39.7 Å². The van der Waals surface area contributed by atoms with E-state index in [0.717, 1.165) is 40.5 Å². The zero-order valence-electron chi connectivity index (χ0n) is 16.9. The summed E-state index contributed by atoms with van der Waals surface area (Å²) in [6.45, 7) is 9.37. The Hall–Kier alpha value is -3.14. The third kappa shape index (κ3) is 3.50. The van der Waals surface area contributed by atoms with E-state index < -0.39 is 0 Å². The first-order valence-electron chi connectivity index (χ1n) is 9.67. The van der Waals surface area contributed by atoms with E-state index in [0.29, 0.717) is 0 Å². The Bertz CT molecular complexity index is 1090. The summed E-state index contributed by atoms with van der Waals surface area (Å²) in [4.78, 5) is 5.02. The van der Waals surface area contributed by atoms with Crippen LogP contribution in [-0.2, 0) is 12.0 Å². The Balaban J connectivity index is 1.86. The molecule has 4 rings (SSSR count). The fourth-order valence-corrected chi connectivity index (χ4v) is 3.36. The summed E-state index contributed by atoms with van der Waals surface area (Å²) in [5.74, 6) is 0.962. The quantitative estimate of drug-likeness (QED) is 0.507. The van der Waals surface area contributed by atoms with Crippen molar-refractivity contribution in [3.05, 3.63) is 83.7 Å². The minimum atomic E-state index is -0.0585. The third-order valence-corrected chi connectivity index (χ3v) is 4.91. The summed E-state index contributed by atoms with van der Waals surface area (Å²) in [5.41, 5.74) is 6.33. The predicted octanol–water partition coefficient (Wildman–Crippen LogP) is 5.61. The monoisotopic (exact) mass is 370 g/mol. The molecule has 0 amide bonds. The summed E-state index contributed by atoms with van der Waals surface area (Å²) in [5, 5.41) is 8.39. The van der Waals surface area contributed by atoms with Crippen LogP contribution < -0.4 is 5.32 Å². The first kappa shape index (κ1) is 18.2. The largest absolute Gasteiger partial charge is 0.366 e. The number of hydrogen-bond acceptors (Lipinski definition) is 3. The normalized spacial score (nSPS) is 11.7. The molecule has 0 aliphatic carbocycles. The van der Waals surface area contributed by atoms with Crippen molar-refractivity contribution in [3.63, 3.8) is 0 Å². The molecule has 2 aromatic carbocycles. The zero-order valence-corrected chi connectivity index (χ0v) is 16.9. The Morgan fingerprint density at radius 2 is 1.57 bits per heavy atom. The molecule has 0 radical (unpaired) electrons. The Morgan fingerprint density at radius 1 is 0.929 bits per heavy atom. The summed E-state index contributed by atoms with van der Waals surface area (Å²) < 4.78 is 1.94. The van der Waals surface area contributed by atoms with Gasteiger partial charge in [-0.05, 0) is 18.1 Å². The molecule has 1 N–H and O–H groups in total. The zero-order chi connectivity index (χ0) is 19.7. The van der Waals surface area contributed by atoms with Gasteiger partial charge in [0.25, 0.3) is 0 Å². The third-order valence-electron chi connectivity index (χ3n) is 4.91. The molecule has 0 saturated heterocycles. The number of benzene rings is 2. The van der Waals surface area contributed by atoms with Gasteiger partial charge >= 0.3 is 0 Å². The summed E-state index contributed by atoms with van der Waals surface area (Å²) >= 11 is 0. The molecule has 0 saturated carbocycles. The average molecular weight is 371 g/mol. The van der Waals surface area contributed by atoms with E-state index in [1.807, 2.05) is 16.6 Å². The average Bonchev–Trinajstić information content (AvgIpc) is 3.03. The SMILES string of the molecule is Cc1nn2c(NCc3ccccc3)cc(C(C)(C)C)nc2c1-c1ccccc1. The van der Waals surface area contributed by atoms with Gasteiger partial charge in [0.05, 0.1) is 11.4 Å². The van der Waals surface area contributed by atoms with Crippen molar-refractivity contribution >= 4 is 11.5 Å². The number of aryl methyl sites for hydroxylation is 1. The van der Waals surface area contributed by atoms with Crippen LogP contribution in [0.15, 0.2) is 66.7 Å². The molecule has 142 valence electrons. The second-order valence-corrected chi connectivity index (χ2v) is 8.18. The molecular formula is C24H26N4. The van der Waals surface area contributed by atoms with Crippen molar-refractivity contribution in [2.75, 3.05) is 5.32 Å². The highest BCUT2D eigenvalue weighted by Crippen LogP contribution is 2.31. The molecule has 0 aliphatic rings. The van der Waals surface area contributed by atoms with Crippen molar-refractivity contribution in [1.29, 1.82) is 0 Å². The molecule has 0 unspecified atom stereocenters. The highest BCUT2D eigenvalue weighted by Gasteiger charge is 2.22. The fraction of sp³-hybridized carbons (Fsp3) is 0.250. The smallest absolute Gasteiger partial charge is 0.165 e. The molecular weight excluding hydrogens is 344 g/mol. The minimum Gasteiger partial charge on any atom is -0.366 e. The number of aromatic nitrogens is 3. The summed E-state index contributed by atoms with van der Waals surface area (Å²) in [7, 11) is 0. The lowest BCUT2D eigenvalue weighted by molar-refractivity contribution is 0.568. The van der Waals surface area contributed by atoms with Crippen LogP contribution in [0.5, 0.6) is 0 Å². The molecule has 4 aromatic rings. The van der Waals surface area contributed by atoms with Gasteiger partial charge in [0, 0.05) is 23.6 Å². The first-order chi connectivity index (χ1) is 13.4. The van der Waals surface area contributed by atoms with Crippen LogP contribution >= 0.6 is 0 Å². The van der Waals surface area contributed by atoms with Crippen LogP contribution in [0.4, 0.5) is 5.82 Å². The van der Waals surface area contributed by atoms with Crippen molar-refractivity contribution < 1.29 is 0 Å². The fourth-order valence-electron chi connectivity index (χ4n) is 3.36. The van der Waals surface area contributed by atoms with E-state index in [-0.39, 0.29) is 5.41 Å². The molecule has 0 bridgehead atoms. The van der Waals surface area contributed by atoms with Gasteiger partial charge in [-0.3, -0.25) is 0 Å². The second kappa shape index (κ2) is 7.12. The van der Waals surface area contributed by atoms with Crippen molar-refractivity contribution in [1.82, 2.24) is 14.6 Å². The van der Waals surface area contributed by atoms with Crippen LogP contribution in [0.1, 0.15) is 37.7 Å². The van der Waals surface area contributed by atoms with Crippen LogP contribution in [0, 0.1) is 6.92 Å². The van der Waals surface area contributed by atoms with E-state index >= 15 is 0 Å². The van der Waals surface area contributed by atoms with Crippen LogP contribution in [0.3, 0.4) is 0 Å². The van der Waals surface area contributed by atoms with Gasteiger partial charge in [0.15, 0.2) is 5.65 Å². The van der Waals surface area contributed by atoms with Crippen molar-refractivity contribution in [3.8, 4) is 11.1 Å². The van der Waals surface area contributed by atoms with E-state index in [4.69, 9.17) is 10.1 Å². The number of nitrogens with one attached hydrogen (secondary N) is 1. The standard InChI is InChI=1S/C24H26N4/c1-17-22(19-13-9-6-10-14-19)23-26-20(24(2,3)4)15-21(28(23)27-17)25-16-18-11-7-5-8-12-18/h5-15,25H,16H2,1-4H3. The highest BCUT2D eigenvalue weighted by atomic mass is 15.3. The van der Waals surface area contributed by atoms with E-state index in [1.165, 1.54) is 5.56 Å². The molecule has 2 heterocycles. The van der Waals surface area contributed by atoms with Gasteiger partial charge in [0.1, 0.15) is 5.82 Å². The number of hydrogen-bond donors (Lipinski definition) is 1. The lowest BCUT2D eigenvalue weighted by Gasteiger charge is -2.20. The lowest BCUT2D eigenvalue weighted by Crippen LogP contribution is -2.16. The number of anilines is 1. The van der Waals surface area contributed by atoms with E-state index in [2.05, 4.69) is 87.6 Å². The van der Waals surface area contributed by atoms with Crippen molar-refractivity contribution in [2.24, 2.45) is 0 Å². The predicted molar refractivity (Wildman–Crippen MR) is 116 cm³/mol. The number of fused-ring (bicyclic) bond motifs is 1. The van der Waals surface area contributed by atoms with Crippen LogP contribution in [0.25, 0.3) is 16.8 Å². The molecule has 0 spiro atoms. The molecule has 4 nitrogen and oxygen atoms in total. The topological polar surface area (TPSA) is 42.2 Å². The number of nitrogens with zero attached hydrogens (tertiary/aromatic N) is 3. The lowest BCUT2D eigenvalue weighted by atomic mass is 9.92. The second-order valence-electron chi connectivity index (χ2n) is 8.18. The van der Waals surface area contributed by atoms with Crippen LogP contribution in [-0.4, -0.2) is 14.6 Å². The maximum Gasteiger partial charge on any atom is 0.165 e. The molecule has 0 aliphatic heterocycles. The van der Waals surface area contributed by atoms with E-state index in [1.54, 1.807) is 0 Å². The molecule has 0 fully saturated rings. The van der Waals surface area contributed by atoms with Gasteiger partial charge in [-0.2, -0.15) is 9.61 Å². The molecule has 0 atom stereocenters. The number of rotatable bonds is 4. The van der Waals surface area contributed by atoms with Gasteiger partial charge < -0.3 is 5.32 Å². The van der Waals surface area contributed by atoms with Crippen LogP contribution in [0.2, 0.25) is 0 Å². The minimum absolute atomic E-state index is 0.0585. The Morgan fingerprint density at radius 3 is 2.21 bits per heavy atom. The maximum atomic E-state index is 5.02. The maximum absolute atomic E-state index is 5.02. The van der Waals surface area contributed by atoms with Gasteiger partial charge in [-0.15, -0.1) is 0 Å². The first-order valence-corrected chi connectivity index (χ1v) is 9.67. The molecule has 28 heavy (non-hydrogen) atoms. The Labute approximate surface area is 166 Å². The van der Waals surface area contributed by atoms with Gasteiger partial charge in [-0.1, -0.05) is 81.4 Å². The molecule has 4 heteroatoms. The summed E-state index contributed by atoms with van der Waals surface area (Å²) in [6, 6.07) is 22.9.